The van der Waals surface area contributed by atoms with Gasteiger partial charge in [0, 0.05) is 10.9 Å². The summed E-state index contributed by atoms with van der Waals surface area (Å²) in [4.78, 5) is 19.7. The molecule has 0 saturated carbocycles. The molecule has 13 heteroatoms. The Morgan fingerprint density at radius 1 is 1.22 bits per heavy atom. The molecule has 0 bridgehead atoms. The van der Waals surface area contributed by atoms with Crippen LogP contribution in [0.2, 0.25) is 0 Å². The molecule has 0 spiro atoms. The van der Waals surface area contributed by atoms with Crippen molar-refractivity contribution >= 4 is 33.3 Å². The van der Waals surface area contributed by atoms with Crippen molar-refractivity contribution in [3.8, 4) is 11.8 Å². The van der Waals surface area contributed by atoms with E-state index in [9.17, 15) is 17.6 Å². The molecule has 2 aromatic rings. The third-order valence-corrected chi connectivity index (χ3v) is 5.38. The highest BCUT2D eigenvalue weighted by Crippen LogP contribution is 2.22. The number of rotatable bonds is 9. The normalized spacial score (nSPS) is 11.1. The monoisotopic (exact) mass is 420 g/mol. The number of carbonyl (C=O) groups is 1. The fraction of sp³-hybridized carbons (Fsp3) is 0.357. The zero-order valence-electron chi connectivity index (χ0n) is 14.4. The first kappa shape index (κ1) is 20.8. The molecule has 0 radical (unpaired) electrons. The summed E-state index contributed by atoms with van der Waals surface area (Å²) >= 11 is 1.11. The number of sulfonamides is 1. The van der Waals surface area contributed by atoms with E-state index in [1.165, 1.54) is 25.7 Å². The molecule has 0 unspecified atom stereocenters. The van der Waals surface area contributed by atoms with Crippen LogP contribution in [0.25, 0.3) is 0 Å². The third kappa shape index (κ3) is 5.74. The maximum Gasteiger partial charge on any atom is 0.335 e. The van der Waals surface area contributed by atoms with Gasteiger partial charge in [-0.15, -0.1) is 0 Å². The first-order chi connectivity index (χ1) is 12.9. The molecule has 148 valence electrons. The smallest absolute Gasteiger partial charge is 0.335 e. The third-order valence-electron chi connectivity index (χ3n) is 3.02. The maximum atomic E-state index is 12.4. The minimum absolute atomic E-state index is 0.0958. The average molecular weight is 420 g/mol. The van der Waals surface area contributed by atoms with Crippen molar-refractivity contribution in [3.05, 3.63) is 22.4 Å². The topological polar surface area (TPSA) is 129 Å². The van der Waals surface area contributed by atoms with Gasteiger partial charge in [0.05, 0.1) is 33.5 Å². The van der Waals surface area contributed by atoms with Crippen molar-refractivity contribution in [2.24, 2.45) is 0 Å². The lowest BCUT2D eigenvalue weighted by molar-refractivity contribution is 0.105. The molecule has 0 aliphatic carbocycles. The molecule has 0 aliphatic heterocycles. The number of thiophene rings is 1. The van der Waals surface area contributed by atoms with Gasteiger partial charge in [-0.25, -0.2) is 22.3 Å². The summed E-state index contributed by atoms with van der Waals surface area (Å²) < 4.78 is 53.7. The predicted molar refractivity (Wildman–Crippen MR) is 94.4 cm³/mol. The number of aromatic nitrogens is 2. The minimum Gasteiger partial charge on any atom is -0.481 e. The number of methoxy groups -OCH3 is 2. The van der Waals surface area contributed by atoms with Crippen molar-refractivity contribution in [3.63, 3.8) is 0 Å². The number of hydrogen-bond acceptors (Lipinski definition) is 9. The Kier molecular flexibility index (Phi) is 7.27. The molecule has 2 aromatic heterocycles. The molecule has 0 saturated heterocycles. The van der Waals surface area contributed by atoms with E-state index >= 15 is 0 Å². The van der Waals surface area contributed by atoms with Crippen LogP contribution in [-0.2, 0) is 21.4 Å². The van der Waals surface area contributed by atoms with Crippen molar-refractivity contribution in [1.82, 2.24) is 14.7 Å². The van der Waals surface area contributed by atoms with Gasteiger partial charge in [-0.3, -0.25) is 5.32 Å². The van der Waals surface area contributed by atoms with E-state index in [4.69, 9.17) is 14.2 Å². The number of ether oxygens (including phenoxy) is 3. The van der Waals surface area contributed by atoms with Crippen molar-refractivity contribution in [2.75, 3.05) is 32.8 Å². The Bertz CT molecular complexity index is 867. The molecule has 0 aromatic carbocycles. The van der Waals surface area contributed by atoms with Gasteiger partial charge in [0.15, 0.2) is 0 Å². The van der Waals surface area contributed by atoms with Crippen LogP contribution >= 0.6 is 11.3 Å². The van der Waals surface area contributed by atoms with Gasteiger partial charge in [0.25, 0.3) is 10.0 Å². The van der Waals surface area contributed by atoms with E-state index in [1.54, 1.807) is 5.38 Å². The Hall–Kier alpha value is -2.51. The lowest BCUT2D eigenvalue weighted by Crippen LogP contribution is -2.35. The second-order valence-corrected chi connectivity index (χ2v) is 7.23. The van der Waals surface area contributed by atoms with Crippen LogP contribution in [0.5, 0.6) is 11.8 Å². The van der Waals surface area contributed by atoms with Crippen molar-refractivity contribution in [1.29, 1.82) is 0 Å². The second-order valence-electron chi connectivity index (χ2n) is 4.84. The number of alkyl halides is 1. The van der Waals surface area contributed by atoms with E-state index in [2.05, 4.69) is 15.3 Å². The number of anilines is 1. The fourth-order valence-electron chi connectivity index (χ4n) is 1.86. The number of hydrogen-bond donors (Lipinski definition) is 2. The van der Waals surface area contributed by atoms with Crippen molar-refractivity contribution < 1.29 is 31.8 Å². The summed E-state index contributed by atoms with van der Waals surface area (Å²) in [6.07, 6.45) is 0. The zero-order chi connectivity index (χ0) is 19.9. The van der Waals surface area contributed by atoms with Gasteiger partial charge in [-0.05, 0) is 5.38 Å². The van der Waals surface area contributed by atoms with Crippen LogP contribution in [-0.4, -0.2) is 51.9 Å². The summed E-state index contributed by atoms with van der Waals surface area (Å²) in [5.74, 6) is 0.0194. The standard InChI is InChI=1S/C14H17FN4O6S2/c1-23-11-5-12(24-2)17-13(16-11)18-14(20)19-27(21,22)10-8-26-7-9(10)6-25-4-3-15/h5,7-8H,3-4,6H2,1-2H3,(H2,16,17,18,19,20). The highest BCUT2D eigenvalue weighted by atomic mass is 32.2. The van der Waals surface area contributed by atoms with Crippen LogP contribution in [0.15, 0.2) is 21.7 Å². The Labute approximate surface area is 158 Å². The Balaban J connectivity index is 2.10. The summed E-state index contributed by atoms with van der Waals surface area (Å²) in [6.45, 7) is -0.934. The molecule has 10 nitrogen and oxygen atoms in total. The highest BCUT2D eigenvalue weighted by Gasteiger charge is 2.23. The fourth-order valence-corrected chi connectivity index (χ4v) is 4.18. The summed E-state index contributed by atoms with van der Waals surface area (Å²) in [6, 6.07) is 0.307. The molecule has 2 heterocycles. The number of urea groups is 1. The van der Waals surface area contributed by atoms with Gasteiger partial charge < -0.3 is 14.2 Å². The van der Waals surface area contributed by atoms with Gasteiger partial charge in [-0.1, -0.05) is 0 Å². The average Bonchev–Trinajstić information content (AvgIpc) is 3.10. The summed E-state index contributed by atoms with van der Waals surface area (Å²) in [5, 5.41) is 5.08. The zero-order valence-corrected chi connectivity index (χ0v) is 16.0. The van der Waals surface area contributed by atoms with E-state index in [0.29, 0.717) is 5.56 Å². The van der Waals surface area contributed by atoms with Gasteiger partial charge in [0.1, 0.15) is 11.6 Å². The van der Waals surface area contributed by atoms with Crippen LogP contribution in [0.4, 0.5) is 15.1 Å². The van der Waals surface area contributed by atoms with Gasteiger partial charge in [0.2, 0.25) is 17.7 Å². The van der Waals surface area contributed by atoms with E-state index in [1.807, 2.05) is 4.72 Å². The van der Waals surface area contributed by atoms with Gasteiger partial charge in [-0.2, -0.15) is 21.3 Å². The molecule has 0 atom stereocenters. The van der Waals surface area contributed by atoms with Crippen molar-refractivity contribution in [2.45, 2.75) is 11.5 Å². The number of amides is 2. The molecular weight excluding hydrogens is 403 g/mol. The second kappa shape index (κ2) is 9.43. The summed E-state index contributed by atoms with van der Waals surface area (Å²) in [5.41, 5.74) is 0.313. The van der Waals surface area contributed by atoms with Gasteiger partial charge >= 0.3 is 6.03 Å². The molecule has 2 amide bonds. The van der Waals surface area contributed by atoms with Crippen LogP contribution < -0.4 is 19.5 Å². The molecule has 0 fully saturated rings. The lowest BCUT2D eigenvalue weighted by Gasteiger charge is -2.10. The van der Waals surface area contributed by atoms with Crippen LogP contribution in [0, 0.1) is 0 Å². The first-order valence-corrected chi connectivity index (χ1v) is 9.82. The molecule has 2 rings (SSSR count). The molecule has 27 heavy (non-hydrogen) atoms. The maximum absolute atomic E-state index is 12.4. The van der Waals surface area contributed by atoms with E-state index in [-0.39, 0.29) is 35.8 Å². The highest BCUT2D eigenvalue weighted by molar-refractivity contribution is 7.90. The lowest BCUT2D eigenvalue weighted by atomic mass is 10.4. The largest absolute Gasteiger partial charge is 0.481 e. The number of nitrogens with one attached hydrogen (secondary N) is 2. The Morgan fingerprint density at radius 3 is 2.48 bits per heavy atom. The molecular formula is C14H17FN4O6S2. The molecule has 0 aliphatic rings. The van der Waals surface area contributed by atoms with E-state index < -0.39 is 22.7 Å². The van der Waals surface area contributed by atoms with E-state index in [0.717, 1.165) is 11.3 Å². The SMILES string of the molecule is COc1cc(OC)nc(NC(=O)NS(=O)(=O)c2cscc2COCCF)n1. The number of nitrogens with zero attached hydrogens (tertiary/aromatic N) is 2. The first-order valence-electron chi connectivity index (χ1n) is 7.39. The number of halogens is 1. The summed E-state index contributed by atoms with van der Waals surface area (Å²) in [7, 11) is -1.46. The predicted octanol–water partition coefficient (Wildman–Crippen LogP) is 1.55. The van der Waals surface area contributed by atoms with Crippen LogP contribution in [0.1, 0.15) is 5.56 Å². The molecule has 2 N–H and O–H groups in total. The number of carbonyl (C=O) groups excluding carboxylic acids is 1. The van der Waals surface area contributed by atoms with Crippen LogP contribution in [0.3, 0.4) is 0 Å². The quantitative estimate of drug-likeness (QED) is 0.585. The Morgan fingerprint density at radius 2 is 1.89 bits per heavy atom. The minimum atomic E-state index is -4.18.